The fourth-order valence-electron chi connectivity index (χ4n) is 2.51. The standard InChI is InChI=1S/C18H20N4O2/c1-12(2)22-17-14(11-21-22)8-15(10-19-17)18(23)20-9-13-5-4-6-16(7-13)24-3/h4-8,10-12H,9H2,1-3H3,(H,20,23). The van der Waals surface area contributed by atoms with Crippen LogP contribution in [0.3, 0.4) is 0 Å². The van der Waals surface area contributed by atoms with Gasteiger partial charge in [-0.2, -0.15) is 5.10 Å². The SMILES string of the molecule is COc1cccc(CNC(=O)c2cnc3c(cnn3C(C)C)c2)c1. The molecule has 2 aromatic heterocycles. The first kappa shape index (κ1) is 16.0. The lowest BCUT2D eigenvalue weighted by molar-refractivity contribution is 0.0950. The Hall–Kier alpha value is -2.89. The van der Waals surface area contributed by atoms with Gasteiger partial charge in [0.15, 0.2) is 5.65 Å². The van der Waals surface area contributed by atoms with Crippen molar-refractivity contribution in [1.82, 2.24) is 20.1 Å². The lowest BCUT2D eigenvalue weighted by Gasteiger charge is -2.08. The molecule has 1 N–H and O–H groups in total. The van der Waals surface area contributed by atoms with Gasteiger partial charge in [0.1, 0.15) is 5.75 Å². The Labute approximate surface area is 140 Å². The molecule has 3 aromatic rings. The number of nitrogens with one attached hydrogen (secondary N) is 1. The monoisotopic (exact) mass is 324 g/mol. The Kier molecular flexibility index (Phi) is 4.46. The minimum Gasteiger partial charge on any atom is -0.497 e. The number of methoxy groups -OCH3 is 1. The van der Waals surface area contributed by atoms with Crippen LogP contribution in [0.15, 0.2) is 42.7 Å². The molecule has 0 spiro atoms. The molecule has 2 heterocycles. The maximum absolute atomic E-state index is 12.3. The van der Waals surface area contributed by atoms with Gasteiger partial charge in [0.05, 0.1) is 18.9 Å². The second-order valence-corrected chi connectivity index (χ2v) is 5.85. The van der Waals surface area contributed by atoms with Gasteiger partial charge >= 0.3 is 0 Å². The molecule has 3 rings (SSSR count). The van der Waals surface area contributed by atoms with Crippen molar-refractivity contribution in [1.29, 1.82) is 0 Å². The number of ether oxygens (including phenoxy) is 1. The maximum Gasteiger partial charge on any atom is 0.253 e. The van der Waals surface area contributed by atoms with Crippen molar-refractivity contribution < 1.29 is 9.53 Å². The summed E-state index contributed by atoms with van der Waals surface area (Å²) in [6.07, 6.45) is 3.32. The van der Waals surface area contributed by atoms with Gasteiger partial charge in [-0.25, -0.2) is 9.67 Å². The van der Waals surface area contributed by atoms with Gasteiger partial charge < -0.3 is 10.1 Å². The van der Waals surface area contributed by atoms with Crippen molar-refractivity contribution in [2.24, 2.45) is 0 Å². The number of benzene rings is 1. The van der Waals surface area contributed by atoms with Gasteiger partial charge in [-0.1, -0.05) is 12.1 Å². The van der Waals surface area contributed by atoms with Gasteiger partial charge in [-0.3, -0.25) is 4.79 Å². The van der Waals surface area contributed by atoms with E-state index < -0.39 is 0 Å². The number of rotatable bonds is 5. The van der Waals surface area contributed by atoms with E-state index in [9.17, 15) is 4.79 Å². The second kappa shape index (κ2) is 6.70. The van der Waals surface area contributed by atoms with Crippen LogP contribution in [0, 0.1) is 0 Å². The summed E-state index contributed by atoms with van der Waals surface area (Å²) in [6.45, 7) is 4.52. The van der Waals surface area contributed by atoms with Crippen molar-refractivity contribution in [2.45, 2.75) is 26.4 Å². The fourth-order valence-corrected chi connectivity index (χ4v) is 2.51. The molecule has 0 atom stereocenters. The van der Waals surface area contributed by atoms with E-state index in [1.54, 1.807) is 19.5 Å². The quantitative estimate of drug-likeness (QED) is 0.783. The van der Waals surface area contributed by atoms with Gasteiger partial charge in [0, 0.05) is 24.2 Å². The van der Waals surface area contributed by atoms with Gasteiger partial charge in [-0.15, -0.1) is 0 Å². The zero-order valence-corrected chi connectivity index (χ0v) is 14.0. The summed E-state index contributed by atoms with van der Waals surface area (Å²) in [7, 11) is 1.62. The molecule has 0 unspecified atom stereocenters. The van der Waals surface area contributed by atoms with Crippen LogP contribution in [-0.4, -0.2) is 27.8 Å². The Morgan fingerprint density at radius 1 is 1.29 bits per heavy atom. The number of carbonyl (C=O) groups is 1. The minimum atomic E-state index is -0.162. The van der Waals surface area contributed by atoms with Crippen LogP contribution in [-0.2, 0) is 6.54 Å². The second-order valence-electron chi connectivity index (χ2n) is 5.85. The zero-order valence-electron chi connectivity index (χ0n) is 14.0. The van der Waals surface area contributed by atoms with E-state index in [0.717, 1.165) is 22.3 Å². The molecule has 0 saturated heterocycles. The summed E-state index contributed by atoms with van der Waals surface area (Å²) in [4.78, 5) is 16.7. The molecule has 24 heavy (non-hydrogen) atoms. The Morgan fingerprint density at radius 3 is 2.88 bits per heavy atom. The first-order chi connectivity index (χ1) is 11.6. The minimum absolute atomic E-state index is 0.162. The number of amides is 1. The van der Waals surface area contributed by atoms with Crippen molar-refractivity contribution in [2.75, 3.05) is 7.11 Å². The van der Waals surface area contributed by atoms with Crippen LogP contribution in [0.2, 0.25) is 0 Å². The summed E-state index contributed by atoms with van der Waals surface area (Å²) in [5, 5.41) is 8.07. The molecule has 0 fully saturated rings. The van der Waals surface area contributed by atoms with E-state index in [2.05, 4.69) is 15.4 Å². The Balaban J connectivity index is 1.74. The Bertz CT molecular complexity index is 870. The molecule has 0 aliphatic carbocycles. The number of fused-ring (bicyclic) bond motifs is 1. The molecule has 6 nitrogen and oxygen atoms in total. The van der Waals surface area contributed by atoms with E-state index in [4.69, 9.17) is 4.74 Å². The van der Waals surface area contributed by atoms with E-state index >= 15 is 0 Å². The highest BCUT2D eigenvalue weighted by Gasteiger charge is 2.11. The molecular weight excluding hydrogens is 304 g/mol. The lowest BCUT2D eigenvalue weighted by Crippen LogP contribution is -2.23. The van der Waals surface area contributed by atoms with Crippen molar-refractivity contribution in [3.8, 4) is 5.75 Å². The number of hydrogen-bond acceptors (Lipinski definition) is 4. The average molecular weight is 324 g/mol. The van der Waals surface area contributed by atoms with Gasteiger partial charge in [0.25, 0.3) is 5.91 Å². The third kappa shape index (κ3) is 3.22. The average Bonchev–Trinajstić information content (AvgIpc) is 3.03. The predicted molar refractivity (Wildman–Crippen MR) is 92.1 cm³/mol. The maximum atomic E-state index is 12.3. The molecular formula is C18H20N4O2. The third-order valence-electron chi connectivity index (χ3n) is 3.77. The van der Waals surface area contributed by atoms with Crippen molar-refractivity contribution in [3.63, 3.8) is 0 Å². The first-order valence-corrected chi connectivity index (χ1v) is 7.83. The molecule has 124 valence electrons. The van der Waals surface area contributed by atoms with Crippen LogP contribution >= 0.6 is 0 Å². The van der Waals surface area contributed by atoms with Crippen LogP contribution in [0.1, 0.15) is 35.8 Å². The van der Waals surface area contributed by atoms with Gasteiger partial charge in [0.2, 0.25) is 0 Å². The summed E-state index contributed by atoms with van der Waals surface area (Å²) in [6, 6.07) is 9.65. The highest BCUT2D eigenvalue weighted by Crippen LogP contribution is 2.17. The smallest absolute Gasteiger partial charge is 0.253 e. The zero-order chi connectivity index (χ0) is 17.1. The normalized spacial score (nSPS) is 11.0. The van der Waals surface area contributed by atoms with E-state index in [1.807, 2.05) is 48.9 Å². The number of pyridine rings is 1. The van der Waals surface area contributed by atoms with Crippen molar-refractivity contribution >= 4 is 16.9 Å². The molecule has 0 aliphatic rings. The highest BCUT2D eigenvalue weighted by atomic mass is 16.5. The van der Waals surface area contributed by atoms with Crippen LogP contribution < -0.4 is 10.1 Å². The summed E-state index contributed by atoms with van der Waals surface area (Å²) < 4.78 is 7.02. The summed E-state index contributed by atoms with van der Waals surface area (Å²) in [5.41, 5.74) is 2.28. The van der Waals surface area contributed by atoms with E-state index in [1.165, 1.54) is 0 Å². The first-order valence-electron chi connectivity index (χ1n) is 7.83. The van der Waals surface area contributed by atoms with Crippen LogP contribution in [0.25, 0.3) is 11.0 Å². The molecule has 0 saturated carbocycles. The predicted octanol–water partition coefficient (Wildman–Crippen LogP) is 2.95. The van der Waals surface area contributed by atoms with Crippen LogP contribution in [0.4, 0.5) is 0 Å². The molecule has 0 aliphatic heterocycles. The number of nitrogens with zero attached hydrogens (tertiary/aromatic N) is 3. The third-order valence-corrected chi connectivity index (χ3v) is 3.77. The topological polar surface area (TPSA) is 69.0 Å². The van der Waals surface area contributed by atoms with Crippen LogP contribution in [0.5, 0.6) is 5.75 Å². The molecule has 6 heteroatoms. The molecule has 0 bridgehead atoms. The van der Waals surface area contributed by atoms with Crippen molar-refractivity contribution in [3.05, 3.63) is 53.9 Å². The lowest BCUT2D eigenvalue weighted by atomic mass is 10.2. The number of hydrogen-bond donors (Lipinski definition) is 1. The number of carbonyl (C=O) groups excluding carboxylic acids is 1. The largest absolute Gasteiger partial charge is 0.497 e. The van der Waals surface area contributed by atoms with E-state index in [-0.39, 0.29) is 11.9 Å². The fraction of sp³-hybridized carbons (Fsp3) is 0.278. The summed E-state index contributed by atoms with van der Waals surface area (Å²) in [5.74, 6) is 0.607. The molecule has 1 amide bonds. The van der Waals surface area contributed by atoms with Gasteiger partial charge in [-0.05, 0) is 37.6 Å². The summed E-state index contributed by atoms with van der Waals surface area (Å²) >= 11 is 0. The Morgan fingerprint density at radius 2 is 2.12 bits per heavy atom. The molecule has 0 radical (unpaired) electrons. The highest BCUT2D eigenvalue weighted by molar-refractivity contribution is 5.96. The number of aromatic nitrogens is 3. The van der Waals surface area contributed by atoms with E-state index in [0.29, 0.717) is 12.1 Å². The molecule has 1 aromatic carbocycles.